The Bertz CT molecular complexity index is 8.00. The second-order valence-electron chi connectivity index (χ2n) is 0. The van der Waals surface area contributed by atoms with Gasteiger partial charge in [0.1, 0.15) is 0 Å². The Morgan fingerprint density at radius 3 is 1.00 bits per heavy atom. The number of hydrogen-bond acceptors (Lipinski definition) is 0. The SMILES string of the molecule is [AsH3].[BiH3].[GaH3].[InH3]. The third-order valence-electron chi connectivity index (χ3n) is 0. The van der Waals surface area contributed by atoms with Crippen molar-refractivity contribution in [3.63, 3.8) is 0 Å². The minimum absolute atomic E-state index is 0. The van der Waals surface area contributed by atoms with Crippen LogP contribution in [0.2, 0.25) is 0 Å². The zero-order chi connectivity index (χ0) is 0. The van der Waals surface area contributed by atoms with Crippen LogP contribution in [0.4, 0.5) is 0 Å². The third kappa shape index (κ3) is 8.87. The maximum atomic E-state index is 0. The summed E-state index contributed by atoms with van der Waals surface area (Å²) in [7, 11) is 0. The zero-order valence-corrected chi connectivity index (χ0v) is 9.88. The molecule has 0 radical (unpaired) electrons. The van der Waals surface area contributed by atoms with Gasteiger partial charge in [-0.1, -0.05) is 0 Å². The van der Waals surface area contributed by atoms with E-state index in [9.17, 15) is 0 Å². The molecule has 0 aromatic heterocycles. The van der Waals surface area contributed by atoms with E-state index in [0.717, 1.165) is 0 Å². The molecule has 0 saturated heterocycles. The predicted molar refractivity (Wildman–Crippen MR) is 39.8 cm³/mol. The molecule has 0 spiro atoms. The van der Waals surface area contributed by atoms with Gasteiger partial charge >= 0.3 is 89.8 Å². The molecule has 0 heterocycles. The van der Waals surface area contributed by atoms with Crippen molar-refractivity contribution in [2.45, 2.75) is 0 Å². The van der Waals surface area contributed by atoms with Gasteiger partial charge in [0.05, 0.1) is 0 Å². The topological polar surface area (TPSA) is 0 Å². The fourth-order valence-electron chi connectivity index (χ4n) is 0. The molecule has 0 amide bonds. The van der Waals surface area contributed by atoms with Crippen molar-refractivity contribution in [1.29, 1.82) is 0 Å². The van der Waals surface area contributed by atoms with Gasteiger partial charge in [-0.25, -0.2) is 0 Å². The van der Waals surface area contributed by atoms with Crippen LogP contribution in [-0.2, 0) is 0 Å². The first-order chi connectivity index (χ1) is 0. The molecule has 0 N–H and O–H groups in total. The minimum atomic E-state index is 0. The zero-order valence-electron chi connectivity index (χ0n) is 1.41. The number of hydrogen-bond donors (Lipinski definition) is 0. The van der Waals surface area contributed by atoms with E-state index in [1.54, 1.807) is 0 Å². The first-order valence-electron chi connectivity index (χ1n) is 0. The average molecular weight is 481 g/mol. The molecule has 28 valence electrons. The molecule has 0 nitrogen and oxygen atoms in total. The van der Waals surface area contributed by atoms with Crippen molar-refractivity contribution in [2.75, 3.05) is 0 Å². The molecular formula is H12AsBiGaIn. The van der Waals surface area contributed by atoms with Crippen molar-refractivity contribution in [3.05, 3.63) is 0 Å². The molecule has 1 atom stereocenters. The number of rotatable bonds is 0. The molecule has 0 aliphatic heterocycles. The van der Waals surface area contributed by atoms with E-state index in [0.29, 0.717) is 0 Å². The normalized spacial score (nSPS) is 0. The van der Waals surface area contributed by atoms with E-state index in [-0.39, 0.29) is 89.8 Å². The van der Waals surface area contributed by atoms with Crippen LogP contribution in [0.1, 0.15) is 0 Å². The molecule has 1 unspecified atom stereocenters. The van der Waals surface area contributed by atoms with Crippen LogP contribution < -0.4 is 0 Å². The second-order valence-corrected chi connectivity index (χ2v) is 0. The van der Waals surface area contributed by atoms with E-state index in [4.69, 9.17) is 0 Å². The molecule has 0 fully saturated rings. The molecule has 0 aliphatic rings. The van der Waals surface area contributed by atoms with E-state index in [1.165, 1.54) is 0 Å². The van der Waals surface area contributed by atoms with Gasteiger partial charge in [-0.2, -0.15) is 0 Å². The van der Waals surface area contributed by atoms with Crippen LogP contribution in [0.3, 0.4) is 0 Å². The molecule has 4 heavy (non-hydrogen) atoms. The standard InChI is InChI=1S/AsH3.Bi.Ga.In.9H/h1H3;;;;;;;;;;;;. The van der Waals surface area contributed by atoms with E-state index in [2.05, 4.69) is 0 Å². The maximum absolute atomic E-state index is 0. The Hall–Kier alpha value is 2.95. The van der Waals surface area contributed by atoms with Gasteiger partial charge < -0.3 is 0 Å². The van der Waals surface area contributed by atoms with Gasteiger partial charge in [-0.3, -0.25) is 0 Å². The summed E-state index contributed by atoms with van der Waals surface area (Å²) in [6, 6.07) is 0. The van der Waals surface area contributed by atoms with E-state index in [1.807, 2.05) is 0 Å². The summed E-state index contributed by atoms with van der Waals surface area (Å²) in [6.45, 7) is 0. The van der Waals surface area contributed by atoms with E-state index < -0.39 is 0 Å². The van der Waals surface area contributed by atoms with Gasteiger partial charge in [-0.05, 0) is 0 Å². The quantitative estimate of drug-likeness (QED) is 0.306. The van der Waals surface area contributed by atoms with Crippen LogP contribution in [0.25, 0.3) is 0 Å². The van der Waals surface area contributed by atoms with Gasteiger partial charge in [0.15, 0.2) is 0 Å². The van der Waals surface area contributed by atoms with Crippen molar-refractivity contribution in [1.82, 2.24) is 0 Å². The fourth-order valence-corrected chi connectivity index (χ4v) is 0. The molecule has 0 aromatic rings. The molecule has 0 aromatic carbocycles. The fraction of sp³-hybridized carbons (Fsp3) is 0. The molecule has 0 rings (SSSR count). The summed E-state index contributed by atoms with van der Waals surface area (Å²) in [5.74, 6) is 0. The van der Waals surface area contributed by atoms with Crippen molar-refractivity contribution in [2.24, 2.45) is 0 Å². The van der Waals surface area contributed by atoms with Crippen LogP contribution >= 0.6 is 0 Å². The molecule has 0 bridgehead atoms. The second kappa shape index (κ2) is 16.8. The molecular weight excluding hydrogens is 468 g/mol. The Morgan fingerprint density at radius 2 is 1.00 bits per heavy atom. The monoisotopic (exact) mass is 480 g/mol. The Morgan fingerprint density at radius 1 is 1.00 bits per heavy atom. The summed E-state index contributed by atoms with van der Waals surface area (Å²) < 4.78 is 0. The van der Waals surface area contributed by atoms with Crippen LogP contribution in [0.5, 0.6) is 0 Å². The Labute approximate surface area is 88.1 Å². The van der Waals surface area contributed by atoms with Crippen molar-refractivity contribution in [3.8, 4) is 0 Å². The summed E-state index contributed by atoms with van der Waals surface area (Å²) in [5.41, 5.74) is 0. The first kappa shape index (κ1) is 28.3. The molecule has 0 saturated carbocycles. The summed E-state index contributed by atoms with van der Waals surface area (Å²) >= 11 is 0. The predicted octanol–water partition coefficient (Wildman–Crippen LogP) is -4.74. The van der Waals surface area contributed by atoms with Crippen LogP contribution in [-0.4, -0.2) is 89.8 Å². The van der Waals surface area contributed by atoms with Gasteiger partial charge in [0.25, 0.3) is 0 Å². The van der Waals surface area contributed by atoms with Gasteiger partial charge in [-0.15, -0.1) is 0 Å². The van der Waals surface area contributed by atoms with E-state index >= 15 is 0 Å². The van der Waals surface area contributed by atoms with Gasteiger partial charge in [0, 0.05) is 0 Å². The molecule has 0 aliphatic carbocycles. The first-order valence-corrected chi connectivity index (χ1v) is 0. The Kier molecular flexibility index (Phi) is 118. The summed E-state index contributed by atoms with van der Waals surface area (Å²) in [6.07, 6.45) is 0. The van der Waals surface area contributed by atoms with Crippen molar-refractivity contribution < 1.29 is 0 Å². The third-order valence-corrected chi connectivity index (χ3v) is 0. The Balaban J connectivity index is 0. The van der Waals surface area contributed by atoms with Crippen molar-refractivity contribution >= 4 is 89.8 Å². The summed E-state index contributed by atoms with van der Waals surface area (Å²) in [4.78, 5) is 0. The van der Waals surface area contributed by atoms with Gasteiger partial charge in [0.2, 0.25) is 0 Å². The van der Waals surface area contributed by atoms with Crippen LogP contribution in [0.15, 0.2) is 0 Å². The average Bonchev–Trinajstić information content (AvgIpc) is 0. The molecule has 4 heteroatoms. The summed E-state index contributed by atoms with van der Waals surface area (Å²) in [5, 5.41) is 0. The van der Waals surface area contributed by atoms with Crippen LogP contribution in [0, 0.1) is 0 Å².